The first kappa shape index (κ1) is 12.9. The maximum absolute atomic E-state index is 9.50. The van der Waals surface area contributed by atoms with Crippen LogP contribution in [0.25, 0.3) is 10.9 Å². The zero-order chi connectivity index (χ0) is 15.0. The maximum atomic E-state index is 9.50. The second-order valence-corrected chi connectivity index (χ2v) is 4.56. The number of H-pyrrole nitrogens is 1. The standard InChI is InChI=1S/C14H14N6O/c1-17-14-11(13(16)18-6-19-14)12(15)10-5-7-4-8(21)2-3-9(7)20-10/h2-6,15,20-21H,1H3,(H3,16,17,18,19). The van der Waals surface area contributed by atoms with Crippen LogP contribution >= 0.6 is 0 Å². The molecule has 0 atom stereocenters. The minimum atomic E-state index is 0.179. The summed E-state index contributed by atoms with van der Waals surface area (Å²) >= 11 is 0. The average molecular weight is 282 g/mol. The molecule has 1 aromatic carbocycles. The molecule has 106 valence electrons. The van der Waals surface area contributed by atoms with E-state index in [9.17, 15) is 5.11 Å². The zero-order valence-electron chi connectivity index (χ0n) is 11.3. The van der Waals surface area contributed by atoms with Gasteiger partial charge in [0, 0.05) is 18.0 Å². The quantitative estimate of drug-likeness (QED) is 0.468. The van der Waals surface area contributed by atoms with Gasteiger partial charge in [0.2, 0.25) is 0 Å². The van der Waals surface area contributed by atoms with Crippen LogP contribution in [-0.4, -0.2) is 32.8 Å². The summed E-state index contributed by atoms with van der Waals surface area (Å²) in [5.74, 6) is 0.910. The highest BCUT2D eigenvalue weighted by molar-refractivity contribution is 6.16. The van der Waals surface area contributed by atoms with Crippen molar-refractivity contribution in [2.75, 3.05) is 18.1 Å². The Kier molecular flexibility index (Phi) is 2.94. The van der Waals surface area contributed by atoms with Crippen molar-refractivity contribution >= 4 is 28.3 Å². The van der Waals surface area contributed by atoms with E-state index in [1.807, 2.05) is 0 Å². The van der Waals surface area contributed by atoms with Gasteiger partial charge in [0.25, 0.3) is 0 Å². The minimum Gasteiger partial charge on any atom is -0.508 e. The summed E-state index contributed by atoms with van der Waals surface area (Å²) in [4.78, 5) is 11.1. The van der Waals surface area contributed by atoms with Gasteiger partial charge in [-0.15, -0.1) is 0 Å². The SMILES string of the molecule is CNc1ncnc(N)c1C(=N)c1cc2cc(O)ccc2[nH]1. The van der Waals surface area contributed by atoms with Gasteiger partial charge >= 0.3 is 0 Å². The van der Waals surface area contributed by atoms with E-state index >= 15 is 0 Å². The molecule has 3 rings (SSSR count). The van der Waals surface area contributed by atoms with Gasteiger partial charge in [-0.05, 0) is 24.3 Å². The Morgan fingerprint density at radius 2 is 2.14 bits per heavy atom. The number of rotatable bonds is 3. The number of hydrogen-bond donors (Lipinski definition) is 5. The molecule has 2 aromatic heterocycles. The summed E-state index contributed by atoms with van der Waals surface area (Å²) in [7, 11) is 1.71. The van der Waals surface area contributed by atoms with Crippen LogP contribution in [-0.2, 0) is 0 Å². The first-order valence-corrected chi connectivity index (χ1v) is 6.29. The lowest BCUT2D eigenvalue weighted by Crippen LogP contribution is -2.12. The Balaban J connectivity index is 2.12. The van der Waals surface area contributed by atoms with Crippen molar-refractivity contribution in [2.45, 2.75) is 0 Å². The molecule has 0 bridgehead atoms. The molecular formula is C14H14N6O. The molecule has 0 unspecified atom stereocenters. The smallest absolute Gasteiger partial charge is 0.140 e. The van der Waals surface area contributed by atoms with E-state index in [-0.39, 0.29) is 17.3 Å². The van der Waals surface area contributed by atoms with Crippen LogP contribution in [0.1, 0.15) is 11.3 Å². The summed E-state index contributed by atoms with van der Waals surface area (Å²) in [5.41, 5.74) is 7.90. The van der Waals surface area contributed by atoms with Crippen molar-refractivity contribution in [3.05, 3.63) is 41.9 Å². The van der Waals surface area contributed by atoms with E-state index in [0.717, 1.165) is 10.9 Å². The number of aromatic amines is 1. The first-order chi connectivity index (χ1) is 10.1. The Hall–Kier alpha value is -3.09. The summed E-state index contributed by atoms with van der Waals surface area (Å²) in [5, 5.41) is 21.6. The van der Waals surface area contributed by atoms with Crippen LogP contribution in [0, 0.1) is 5.41 Å². The molecular weight excluding hydrogens is 268 g/mol. The fraction of sp³-hybridized carbons (Fsp3) is 0.0714. The predicted octanol–water partition coefficient (Wildman–Crippen LogP) is 1.70. The van der Waals surface area contributed by atoms with Gasteiger partial charge in [-0.25, -0.2) is 9.97 Å². The molecule has 0 amide bonds. The largest absolute Gasteiger partial charge is 0.508 e. The Morgan fingerprint density at radius 3 is 2.90 bits per heavy atom. The highest BCUT2D eigenvalue weighted by atomic mass is 16.3. The molecule has 0 aliphatic carbocycles. The normalized spacial score (nSPS) is 10.7. The van der Waals surface area contributed by atoms with Gasteiger partial charge in [0.1, 0.15) is 23.7 Å². The first-order valence-electron chi connectivity index (χ1n) is 6.29. The third-order valence-corrected chi connectivity index (χ3v) is 3.24. The summed E-state index contributed by atoms with van der Waals surface area (Å²) in [6.07, 6.45) is 1.35. The summed E-state index contributed by atoms with van der Waals surface area (Å²) in [6, 6.07) is 6.76. The second-order valence-electron chi connectivity index (χ2n) is 4.56. The molecule has 0 saturated carbocycles. The number of benzene rings is 1. The predicted molar refractivity (Wildman–Crippen MR) is 81.9 cm³/mol. The number of aromatic hydroxyl groups is 1. The van der Waals surface area contributed by atoms with Gasteiger partial charge in [0.15, 0.2) is 0 Å². The van der Waals surface area contributed by atoms with E-state index in [1.54, 1.807) is 31.3 Å². The lowest BCUT2D eigenvalue weighted by atomic mass is 10.1. The van der Waals surface area contributed by atoms with Crippen molar-refractivity contribution < 1.29 is 5.11 Å². The molecule has 6 N–H and O–H groups in total. The lowest BCUT2D eigenvalue weighted by Gasteiger charge is -2.09. The zero-order valence-corrected chi connectivity index (χ0v) is 11.3. The molecule has 0 spiro atoms. The Labute approximate surface area is 120 Å². The highest BCUT2D eigenvalue weighted by Crippen LogP contribution is 2.25. The number of hydrogen-bond acceptors (Lipinski definition) is 6. The van der Waals surface area contributed by atoms with Gasteiger partial charge in [-0.2, -0.15) is 0 Å². The second kappa shape index (κ2) is 4.78. The van der Waals surface area contributed by atoms with E-state index in [1.165, 1.54) is 6.33 Å². The maximum Gasteiger partial charge on any atom is 0.140 e. The number of nitrogens with two attached hydrogens (primary N) is 1. The minimum absolute atomic E-state index is 0.179. The van der Waals surface area contributed by atoms with Crippen molar-refractivity contribution in [3.63, 3.8) is 0 Å². The molecule has 0 aliphatic heterocycles. The molecule has 7 nitrogen and oxygen atoms in total. The number of aromatic nitrogens is 3. The third kappa shape index (κ3) is 2.14. The average Bonchev–Trinajstić information content (AvgIpc) is 2.89. The Morgan fingerprint density at radius 1 is 1.33 bits per heavy atom. The fourth-order valence-electron chi connectivity index (χ4n) is 2.22. The van der Waals surface area contributed by atoms with Gasteiger partial charge < -0.3 is 21.1 Å². The van der Waals surface area contributed by atoms with Gasteiger partial charge in [-0.3, -0.25) is 5.41 Å². The molecule has 7 heteroatoms. The summed E-state index contributed by atoms with van der Waals surface area (Å²) < 4.78 is 0. The van der Waals surface area contributed by atoms with E-state index in [4.69, 9.17) is 11.1 Å². The van der Waals surface area contributed by atoms with E-state index < -0.39 is 0 Å². The fourth-order valence-corrected chi connectivity index (χ4v) is 2.22. The van der Waals surface area contributed by atoms with E-state index in [0.29, 0.717) is 17.1 Å². The number of fused-ring (bicyclic) bond motifs is 1. The third-order valence-electron chi connectivity index (χ3n) is 3.24. The van der Waals surface area contributed by atoms with Crippen molar-refractivity contribution in [1.29, 1.82) is 5.41 Å². The molecule has 3 aromatic rings. The highest BCUT2D eigenvalue weighted by Gasteiger charge is 2.17. The Bertz CT molecular complexity index is 839. The number of phenols is 1. The van der Waals surface area contributed by atoms with Crippen molar-refractivity contribution in [1.82, 2.24) is 15.0 Å². The van der Waals surface area contributed by atoms with Crippen LogP contribution < -0.4 is 11.1 Å². The molecule has 0 aliphatic rings. The molecule has 0 fully saturated rings. The molecule has 0 saturated heterocycles. The molecule has 2 heterocycles. The summed E-state index contributed by atoms with van der Waals surface area (Å²) in [6.45, 7) is 0. The van der Waals surface area contributed by atoms with Crippen LogP contribution in [0.2, 0.25) is 0 Å². The van der Waals surface area contributed by atoms with Crippen molar-refractivity contribution in [2.24, 2.45) is 0 Å². The number of phenolic OH excluding ortho intramolecular Hbond substituents is 1. The lowest BCUT2D eigenvalue weighted by molar-refractivity contribution is 0.476. The van der Waals surface area contributed by atoms with Crippen molar-refractivity contribution in [3.8, 4) is 5.75 Å². The van der Waals surface area contributed by atoms with Crippen LogP contribution in [0.15, 0.2) is 30.6 Å². The number of nitrogen functional groups attached to an aromatic ring is 1. The topological polar surface area (TPSA) is 124 Å². The number of anilines is 2. The number of nitrogens with zero attached hydrogens (tertiary/aromatic N) is 2. The monoisotopic (exact) mass is 282 g/mol. The van der Waals surface area contributed by atoms with E-state index in [2.05, 4.69) is 20.3 Å². The van der Waals surface area contributed by atoms with Gasteiger partial charge in [-0.1, -0.05) is 0 Å². The molecule has 21 heavy (non-hydrogen) atoms. The molecule has 0 radical (unpaired) electrons. The van der Waals surface area contributed by atoms with Crippen LogP contribution in [0.4, 0.5) is 11.6 Å². The van der Waals surface area contributed by atoms with Gasteiger partial charge in [0.05, 0.1) is 17.0 Å². The van der Waals surface area contributed by atoms with Crippen LogP contribution in [0.5, 0.6) is 5.75 Å². The number of nitrogens with one attached hydrogen (secondary N) is 3. The van der Waals surface area contributed by atoms with Crippen LogP contribution in [0.3, 0.4) is 0 Å².